The molecule has 1 rings (SSSR count). The SMILES string of the molecule is CS(=O)(=O)CCC1(O)CCC(N)C1. The Morgan fingerprint density at radius 1 is 1.62 bits per heavy atom. The number of hydrogen-bond donors (Lipinski definition) is 2. The van der Waals surface area contributed by atoms with Crippen molar-refractivity contribution in [1.29, 1.82) is 0 Å². The van der Waals surface area contributed by atoms with Crippen molar-refractivity contribution in [2.45, 2.75) is 37.3 Å². The summed E-state index contributed by atoms with van der Waals surface area (Å²) in [7, 11) is -2.97. The molecular weight excluding hydrogens is 190 g/mol. The maximum Gasteiger partial charge on any atom is 0.147 e. The highest BCUT2D eigenvalue weighted by Crippen LogP contribution is 2.31. The van der Waals surface area contributed by atoms with Gasteiger partial charge in [-0.25, -0.2) is 8.42 Å². The Kier molecular flexibility index (Phi) is 2.99. The second kappa shape index (κ2) is 3.55. The number of sulfone groups is 1. The second-order valence-electron chi connectivity index (χ2n) is 4.11. The molecule has 0 bridgehead atoms. The van der Waals surface area contributed by atoms with Crippen LogP contribution in [0.3, 0.4) is 0 Å². The normalized spacial score (nSPS) is 35.2. The van der Waals surface area contributed by atoms with E-state index >= 15 is 0 Å². The molecule has 0 saturated heterocycles. The molecule has 78 valence electrons. The molecule has 0 aromatic carbocycles. The Labute approximate surface area is 79.0 Å². The van der Waals surface area contributed by atoms with Gasteiger partial charge < -0.3 is 10.8 Å². The topological polar surface area (TPSA) is 80.4 Å². The van der Waals surface area contributed by atoms with Crippen LogP contribution in [0.15, 0.2) is 0 Å². The van der Waals surface area contributed by atoms with Gasteiger partial charge >= 0.3 is 0 Å². The molecule has 0 spiro atoms. The minimum absolute atomic E-state index is 0.0320. The molecule has 13 heavy (non-hydrogen) atoms. The molecule has 0 aromatic heterocycles. The summed E-state index contributed by atoms with van der Waals surface area (Å²) in [5.41, 5.74) is 4.81. The third kappa shape index (κ3) is 3.62. The molecule has 1 saturated carbocycles. The summed E-state index contributed by atoms with van der Waals surface area (Å²) in [6, 6.07) is 0.0320. The van der Waals surface area contributed by atoms with E-state index in [2.05, 4.69) is 0 Å². The van der Waals surface area contributed by atoms with Crippen molar-refractivity contribution < 1.29 is 13.5 Å². The van der Waals surface area contributed by atoms with E-state index in [0.29, 0.717) is 19.3 Å². The molecular formula is C8H17NO3S. The van der Waals surface area contributed by atoms with Crippen LogP contribution < -0.4 is 5.73 Å². The van der Waals surface area contributed by atoms with Crippen molar-refractivity contribution >= 4 is 9.84 Å². The smallest absolute Gasteiger partial charge is 0.147 e. The third-order valence-corrected chi connectivity index (χ3v) is 3.51. The van der Waals surface area contributed by atoms with E-state index in [1.807, 2.05) is 0 Å². The average Bonchev–Trinajstić information content (AvgIpc) is 2.27. The van der Waals surface area contributed by atoms with Gasteiger partial charge in [-0.15, -0.1) is 0 Å². The van der Waals surface area contributed by atoms with Gasteiger partial charge in [-0.3, -0.25) is 0 Å². The van der Waals surface area contributed by atoms with E-state index in [1.54, 1.807) is 0 Å². The molecule has 2 atom stereocenters. The van der Waals surface area contributed by atoms with Crippen molar-refractivity contribution in [3.63, 3.8) is 0 Å². The van der Waals surface area contributed by atoms with Gasteiger partial charge in [0.2, 0.25) is 0 Å². The van der Waals surface area contributed by atoms with Gasteiger partial charge in [0.25, 0.3) is 0 Å². The lowest BCUT2D eigenvalue weighted by molar-refractivity contribution is 0.0433. The first-order chi connectivity index (χ1) is 5.81. The van der Waals surface area contributed by atoms with Gasteiger partial charge in [0, 0.05) is 12.3 Å². The van der Waals surface area contributed by atoms with Crippen molar-refractivity contribution in [2.75, 3.05) is 12.0 Å². The largest absolute Gasteiger partial charge is 0.390 e. The molecule has 0 aliphatic heterocycles. The quantitative estimate of drug-likeness (QED) is 0.663. The minimum Gasteiger partial charge on any atom is -0.390 e. The lowest BCUT2D eigenvalue weighted by atomic mass is 9.99. The van der Waals surface area contributed by atoms with E-state index in [0.717, 1.165) is 6.42 Å². The van der Waals surface area contributed by atoms with Gasteiger partial charge in [-0.05, 0) is 25.7 Å². The fourth-order valence-electron chi connectivity index (χ4n) is 1.75. The number of nitrogens with two attached hydrogens (primary N) is 1. The fourth-order valence-corrected chi connectivity index (χ4v) is 2.50. The van der Waals surface area contributed by atoms with Gasteiger partial charge in [-0.1, -0.05) is 0 Å². The third-order valence-electron chi connectivity index (χ3n) is 2.56. The summed E-state index contributed by atoms with van der Waals surface area (Å²) < 4.78 is 21.7. The van der Waals surface area contributed by atoms with Gasteiger partial charge in [0.05, 0.1) is 11.4 Å². The van der Waals surface area contributed by atoms with E-state index in [9.17, 15) is 13.5 Å². The highest BCUT2D eigenvalue weighted by Gasteiger charge is 2.35. The van der Waals surface area contributed by atoms with Crippen molar-refractivity contribution in [1.82, 2.24) is 0 Å². The summed E-state index contributed by atoms with van der Waals surface area (Å²) >= 11 is 0. The van der Waals surface area contributed by atoms with Gasteiger partial charge in [0.15, 0.2) is 0 Å². The maximum atomic E-state index is 10.9. The molecule has 5 heteroatoms. The number of hydrogen-bond acceptors (Lipinski definition) is 4. The molecule has 1 aliphatic rings. The lowest BCUT2D eigenvalue weighted by Crippen LogP contribution is -2.30. The summed E-state index contributed by atoms with van der Waals surface area (Å²) in [6.07, 6.45) is 3.46. The molecule has 2 unspecified atom stereocenters. The fraction of sp³-hybridized carbons (Fsp3) is 1.00. The molecule has 0 radical (unpaired) electrons. The van der Waals surface area contributed by atoms with Crippen LogP contribution in [0.4, 0.5) is 0 Å². The summed E-state index contributed by atoms with van der Waals surface area (Å²) in [5.74, 6) is 0.0518. The Hall–Kier alpha value is -0.130. The van der Waals surface area contributed by atoms with E-state index in [4.69, 9.17) is 5.73 Å². The first kappa shape index (κ1) is 10.9. The van der Waals surface area contributed by atoms with Crippen LogP contribution in [0.2, 0.25) is 0 Å². The molecule has 0 aromatic rings. The van der Waals surface area contributed by atoms with Crippen LogP contribution in [-0.2, 0) is 9.84 Å². The van der Waals surface area contributed by atoms with Crippen LogP contribution >= 0.6 is 0 Å². The second-order valence-corrected chi connectivity index (χ2v) is 6.37. The molecule has 4 nitrogen and oxygen atoms in total. The Morgan fingerprint density at radius 2 is 2.23 bits per heavy atom. The van der Waals surface area contributed by atoms with Crippen LogP contribution in [0, 0.1) is 0 Å². The van der Waals surface area contributed by atoms with E-state index in [1.165, 1.54) is 6.26 Å². The molecule has 0 heterocycles. The van der Waals surface area contributed by atoms with Crippen molar-refractivity contribution in [2.24, 2.45) is 5.73 Å². The van der Waals surface area contributed by atoms with Gasteiger partial charge in [-0.2, -0.15) is 0 Å². The first-order valence-corrected chi connectivity index (χ1v) is 6.52. The predicted molar refractivity (Wildman–Crippen MR) is 51.1 cm³/mol. The van der Waals surface area contributed by atoms with E-state index in [-0.39, 0.29) is 11.8 Å². The number of rotatable bonds is 3. The van der Waals surface area contributed by atoms with E-state index < -0.39 is 15.4 Å². The van der Waals surface area contributed by atoms with Crippen LogP contribution in [-0.4, -0.2) is 37.2 Å². The van der Waals surface area contributed by atoms with Crippen LogP contribution in [0.1, 0.15) is 25.7 Å². The molecule has 3 N–H and O–H groups in total. The van der Waals surface area contributed by atoms with Crippen molar-refractivity contribution in [3.05, 3.63) is 0 Å². The average molecular weight is 207 g/mol. The minimum atomic E-state index is -2.97. The predicted octanol–water partition coefficient (Wildman–Crippen LogP) is -0.337. The van der Waals surface area contributed by atoms with Crippen molar-refractivity contribution in [3.8, 4) is 0 Å². The first-order valence-electron chi connectivity index (χ1n) is 4.46. The molecule has 1 fully saturated rings. The summed E-state index contributed by atoms with van der Waals surface area (Å²) in [5, 5.41) is 9.88. The van der Waals surface area contributed by atoms with Gasteiger partial charge in [0.1, 0.15) is 9.84 Å². The molecule has 1 aliphatic carbocycles. The Balaban J connectivity index is 2.45. The lowest BCUT2D eigenvalue weighted by Gasteiger charge is -2.21. The number of aliphatic hydroxyl groups is 1. The Morgan fingerprint density at radius 3 is 2.62 bits per heavy atom. The maximum absolute atomic E-state index is 10.9. The highest BCUT2D eigenvalue weighted by molar-refractivity contribution is 7.90. The zero-order valence-corrected chi connectivity index (χ0v) is 8.68. The standard InChI is InChI=1S/C8H17NO3S/c1-13(11,12)5-4-8(10)3-2-7(9)6-8/h7,10H,2-6,9H2,1H3. The zero-order valence-electron chi connectivity index (χ0n) is 7.86. The van der Waals surface area contributed by atoms with Crippen LogP contribution in [0.25, 0.3) is 0 Å². The summed E-state index contributed by atoms with van der Waals surface area (Å²) in [4.78, 5) is 0. The van der Waals surface area contributed by atoms with Crippen LogP contribution in [0.5, 0.6) is 0 Å². The summed E-state index contributed by atoms with van der Waals surface area (Å²) in [6.45, 7) is 0. The highest BCUT2D eigenvalue weighted by atomic mass is 32.2. The monoisotopic (exact) mass is 207 g/mol. The zero-order chi connectivity index (χ0) is 10.1. The Bertz CT molecular complexity index is 275. The molecule has 0 amide bonds.